The lowest BCUT2D eigenvalue weighted by Gasteiger charge is -2.18. The highest BCUT2D eigenvalue weighted by molar-refractivity contribution is 9.10. The van der Waals surface area contributed by atoms with Crippen LogP contribution in [0.3, 0.4) is 0 Å². The summed E-state index contributed by atoms with van der Waals surface area (Å²) in [6.45, 7) is 7.43. The number of aryl methyl sites for hydroxylation is 2. The van der Waals surface area contributed by atoms with Crippen LogP contribution < -0.4 is 5.32 Å². The molecule has 0 spiro atoms. The van der Waals surface area contributed by atoms with Gasteiger partial charge in [-0.1, -0.05) is 36.2 Å². The van der Waals surface area contributed by atoms with Crippen molar-refractivity contribution in [3.63, 3.8) is 0 Å². The Bertz CT molecular complexity index is 513. The summed E-state index contributed by atoms with van der Waals surface area (Å²) in [5.41, 5.74) is 4.00. The maximum atomic E-state index is 3.57. The molecule has 0 saturated heterocycles. The zero-order chi connectivity index (χ0) is 13.1. The highest BCUT2D eigenvalue weighted by Crippen LogP contribution is 2.30. The Hall–Kier alpha value is -0.640. The molecule has 0 radical (unpaired) electrons. The maximum absolute atomic E-state index is 3.57. The Morgan fingerprint density at radius 3 is 2.33 bits per heavy atom. The predicted octanol–water partition coefficient (Wildman–Crippen LogP) is 4.83. The topological polar surface area (TPSA) is 12.0 Å². The minimum Gasteiger partial charge on any atom is -0.306 e. The number of hydrogen-bond acceptors (Lipinski definition) is 2. The minimum absolute atomic E-state index is 0.296. The van der Waals surface area contributed by atoms with Crippen molar-refractivity contribution in [2.75, 3.05) is 6.54 Å². The third-order valence-electron chi connectivity index (χ3n) is 2.86. The molecule has 1 aromatic heterocycles. The molecule has 1 unspecified atom stereocenters. The number of nitrogens with one attached hydrogen (secondary N) is 1. The quantitative estimate of drug-likeness (QED) is 0.850. The van der Waals surface area contributed by atoms with Gasteiger partial charge in [-0.2, -0.15) is 0 Å². The molecule has 18 heavy (non-hydrogen) atoms. The largest absolute Gasteiger partial charge is 0.306 e. The standard InChI is InChI=1S/C15H18BrNS/c1-4-17-15(14-8-13(16)9-18-14)12-6-10(2)5-11(3)7-12/h5-9,15,17H,4H2,1-3H3. The van der Waals surface area contributed by atoms with E-state index in [1.54, 1.807) is 11.3 Å². The van der Waals surface area contributed by atoms with Crippen molar-refractivity contribution in [1.82, 2.24) is 5.32 Å². The molecule has 1 heterocycles. The summed E-state index contributed by atoms with van der Waals surface area (Å²) in [7, 11) is 0. The summed E-state index contributed by atoms with van der Waals surface area (Å²) in [5.74, 6) is 0. The fourth-order valence-electron chi connectivity index (χ4n) is 2.24. The third-order valence-corrected chi connectivity index (χ3v) is 4.62. The lowest BCUT2D eigenvalue weighted by atomic mass is 10.0. The summed E-state index contributed by atoms with van der Waals surface area (Å²) in [4.78, 5) is 1.36. The van der Waals surface area contributed by atoms with E-state index in [-0.39, 0.29) is 0 Å². The van der Waals surface area contributed by atoms with Crippen molar-refractivity contribution in [3.05, 3.63) is 55.7 Å². The minimum atomic E-state index is 0.296. The van der Waals surface area contributed by atoms with Crippen molar-refractivity contribution in [2.24, 2.45) is 0 Å². The van der Waals surface area contributed by atoms with Crippen LogP contribution in [0.2, 0.25) is 0 Å². The number of thiophene rings is 1. The molecule has 1 atom stereocenters. The zero-order valence-corrected chi connectivity index (χ0v) is 13.4. The van der Waals surface area contributed by atoms with E-state index in [9.17, 15) is 0 Å². The molecule has 0 aliphatic heterocycles. The van der Waals surface area contributed by atoms with Crippen LogP contribution in [0, 0.1) is 13.8 Å². The lowest BCUT2D eigenvalue weighted by molar-refractivity contribution is 0.639. The molecular formula is C15H18BrNS. The Kier molecular flexibility index (Phi) is 4.60. The molecule has 1 N–H and O–H groups in total. The van der Waals surface area contributed by atoms with Crippen LogP contribution in [0.5, 0.6) is 0 Å². The number of benzene rings is 1. The lowest BCUT2D eigenvalue weighted by Crippen LogP contribution is -2.21. The molecule has 2 rings (SSSR count). The van der Waals surface area contributed by atoms with E-state index in [1.165, 1.54) is 21.6 Å². The van der Waals surface area contributed by atoms with Gasteiger partial charge in [-0.05, 0) is 48.0 Å². The molecular weight excluding hydrogens is 306 g/mol. The molecule has 0 aliphatic carbocycles. The fraction of sp³-hybridized carbons (Fsp3) is 0.333. The number of halogens is 1. The van der Waals surface area contributed by atoms with Crippen LogP contribution in [-0.2, 0) is 0 Å². The molecule has 3 heteroatoms. The second-order valence-corrected chi connectivity index (χ2v) is 6.44. The van der Waals surface area contributed by atoms with E-state index < -0.39 is 0 Å². The van der Waals surface area contributed by atoms with Crippen molar-refractivity contribution in [2.45, 2.75) is 26.8 Å². The molecule has 0 bridgehead atoms. The molecule has 0 aliphatic rings. The van der Waals surface area contributed by atoms with Crippen LogP contribution in [0.15, 0.2) is 34.1 Å². The average molecular weight is 324 g/mol. The second-order valence-electron chi connectivity index (χ2n) is 4.58. The van der Waals surface area contributed by atoms with Gasteiger partial charge in [-0.15, -0.1) is 11.3 Å². The summed E-state index contributed by atoms with van der Waals surface area (Å²) < 4.78 is 1.16. The number of hydrogen-bond donors (Lipinski definition) is 1. The van der Waals surface area contributed by atoms with Crippen LogP contribution in [0.25, 0.3) is 0 Å². The van der Waals surface area contributed by atoms with E-state index >= 15 is 0 Å². The monoisotopic (exact) mass is 323 g/mol. The van der Waals surface area contributed by atoms with Crippen molar-refractivity contribution < 1.29 is 0 Å². The third kappa shape index (κ3) is 3.22. The molecule has 0 fully saturated rings. The molecule has 1 aromatic carbocycles. The van der Waals surface area contributed by atoms with Gasteiger partial charge in [-0.25, -0.2) is 0 Å². The normalized spacial score (nSPS) is 12.7. The smallest absolute Gasteiger partial charge is 0.0671 e. The average Bonchev–Trinajstić information content (AvgIpc) is 2.71. The van der Waals surface area contributed by atoms with E-state index in [1.807, 2.05) is 0 Å². The summed E-state index contributed by atoms with van der Waals surface area (Å²) >= 11 is 5.33. The Balaban J connectivity index is 2.40. The van der Waals surface area contributed by atoms with Gasteiger partial charge in [0.15, 0.2) is 0 Å². The predicted molar refractivity (Wildman–Crippen MR) is 83.5 cm³/mol. The molecule has 2 aromatic rings. The van der Waals surface area contributed by atoms with Crippen molar-refractivity contribution >= 4 is 27.3 Å². The van der Waals surface area contributed by atoms with Gasteiger partial charge in [0, 0.05) is 14.7 Å². The first-order valence-corrected chi connectivity index (χ1v) is 7.83. The number of rotatable bonds is 4. The van der Waals surface area contributed by atoms with E-state index in [2.05, 4.69) is 71.7 Å². The second kappa shape index (κ2) is 6.00. The van der Waals surface area contributed by atoms with Gasteiger partial charge in [0.1, 0.15) is 0 Å². The summed E-state index contributed by atoms with van der Waals surface area (Å²) in [6, 6.07) is 9.26. The molecule has 0 saturated carbocycles. The summed E-state index contributed by atoms with van der Waals surface area (Å²) in [5, 5.41) is 5.71. The van der Waals surface area contributed by atoms with Gasteiger partial charge in [0.25, 0.3) is 0 Å². The van der Waals surface area contributed by atoms with E-state index in [4.69, 9.17) is 0 Å². The van der Waals surface area contributed by atoms with Crippen molar-refractivity contribution in [1.29, 1.82) is 0 Å². The van der Waals surface area contributed by atoms with Crippen LogP contribution >= 0.6 is 27.3 Å². The van der Waals surface area contributed by atoms with Gasteiger partial charge in [0.2, 0.25) is 0 Å². The van der Waals surface area contributed by atoms with E-state index in [0.29, 0.717) is 6.04 Å². The fourth-order valence-corrected chi connectivity index (χ4v) is 3.79. The van der Waals surface area contributed by atoms with Gasteiger partial charge < -0.3 is 5.32 Å². The van der Waals surface area contributed by atoms with E-state index in [0.717, 1.165) is 11.0 Å². The van der Waals surface area contributed by atoms with Crippen LogP contribution in [0.1, 0.15) is 34.5 Å². The van der Waals surface area contributed by atoms with Crippen LogP contribution in [-0.4, -0.2) is 6.54 Å². The SMILES string of the molecule is CCNC(c1cc(C)cc(C)c1)c1cc(Br)cs1. The maximum Gasteiger partial charge on any atom is 0.0671 e. The highest BCUT2D eigenvalue weighted by Gasteiger charge is 2.15. The van der Waals surface area contributed by atoms with Crippen LogP contribution in [0.4, 0.5) is 0 Å². The Morgan fingerprint density at radius 1 is 1.17 bits per heavy atom. The highest BCUT2D eigenvalue weighted by atomic mass is 79.9. The molecule has 1 nitrogen and oxygen atoms in total. The summed E-state index contributed by atoms with van der Waals surface area (Å²) in [6.07, 6.45) is 0. The van der Waals surface area contributed by atoms with Gasteiger partial charge >= 0.3 is 0 Å². The molecule has 96 valence electrons. The Labute approximate surface area is 121 Å². The first-order chi connectivity index (χ1) is 8.60. The Morgan fingerprint density at radius 2 is 1.83 bits per heavy atom. The van der Waals surface area contributed by atoms with Crippen molar-refractivity contribution in [3.8, 4) is 0 Å². The van der Waals surface area contributed by atoms with Gasteiger partial charge in [0.05, 0.1) is 6.04 Å². The van der Waals surface area contributed by atoms with Gasteiger partial charge in [-0.3, -0.25) is 0 Å². The first kappa shape index (κ1) is 13.8. The first-order valence-electron chi connectivity index (χ1n) is 6.15. The zero-order valence-electron chi connectivity index (χ0n) is 11.0. The molecule has 0 amide bonds.